The third kappa shape index (κ3) is 4.80. The van der Waals surface area contributed by atoms with Gasteiger partial charge in [-0.05, 0) is 37.1 Å². The molecule has 0 aromatic carbocycles. The summed E-state index contributed by atoms with van der Waals surface area (Å²) in [5, 5.41) is -0.193. The van der Waals surface area contributed by atoms with Gasteiger partial charge < -0.3 is 14.2 Å². The second-order valence-corrected chi connectivity index (χ2v) is 9.62. The van der Waals surface area contributed by atoms with E-state index in [2.05, 4.69) is 4.98 Å². The SMILES string of the molecule is O=C(Cc1ccccn1)N1CCN(C(=O)c2ccc(S(=O)(=O)N3CCCCC3)o2)CC1. The maximum Gasteiger partial charge on any atom is 0.289 e. The summed E-state index contributed by atoms with van der Waals surface area (Å²) in [7, 11) is -3.72. The highest BCUT2D eigenvalue weighted by Gasteiger charge is 2.31. The summed E-state index contributed by atoms with van der Waals surface area (Å²) in [5.74, 6) is -0.389. The number of amides is 2. The molecule has 2 aliphatic rings. The molecule has 0 saturated carbocycles. The molecule has 2 aromatic heterocycles. The molecular weight excluding hydrogens is 420 g/mol. The monoisotopic (exact) mass is 446 g/mol. The zero-order valence-electron chi connectivity index (χ0n) is 17.3. The zero-order chi connectivity index (χ0) is 21.8. The van der Waals surface area contributed by atoms with Crippen LogP contribution in [0, 0.1) is 0 Å². The fraction of sp³-hybridized carbons (Fsp3) is 0.476. The number of piperazine rings is 1. The standard InChI is InChI=1S/C21H26N4O5S/c26-19(16-17-6-2-3-9-22-17)23-12-14-24(15-13-23)21(27)18-7-8-20(30-18)31(28,29)25-10-4-1-5-11-25/h2-3,6-9H,1,4-5,10-16H2. The first-order valence-electron chi connectivity index (χ1n) is 10.5. The van der Waals surface area contributed by atoms with Crippen molar-refractivity contribution >= 4 is 21.8 Å². The second-order valence-electron chi connectivity index (χ2n) is 7.75. The average Bonchev–Trinajstić information content (AvgIpc) is 3.31. The zero-order valence-corrected chi connectivity index (χ0v) is 18.1. The fourth-order valence-corrected chi connectivity index (χ4v) is 5.32. The van der Waals surface area contributed by atoms with Crippen LogP contribution in [0.4, 0.5) is 0 Å². The van der Waals surface area contributed by atoms with Crippen LogP contribution in [-0.4, -0.2) is 78.6 Å². The quantitative estimate of drug-likeness (QED) is 0.687. The number of hydrogen-bond donors (Lipinski definition) is 0. The normalized spacial score (nSPS) is 18.2. The van der Waals surface area contributed by atoms with Gasteiger partial charge in [-0.1, -0.05) is 12.5 Å². The molecule has 0 radical (unpaired) electrons. The molecule has 2 amide bonds. The van der Waals surface area contributed by atoms with Crippen LogP contribution in [0.1, 0.15) is 35.5 Å². The van der Waals surface area contributed by atoms with Crippen LogP contribution in [-0.2, 0) is 21.2 Å². The summed E-state index contributed by atoms with van der Waals surface area (Å²) in [5.41, 5.74) is 0.712. The number of pyridine rings is 1. The molecule has 0 aliphatic carbocycles. The molecule has 2 aromatic rings. The van der Waals surface area contributed by atoms with Gasteiger partial charge in [0.05, 0.1) is 6.42 Å². The van der Waals surface area contributed by atoms with Crippen LogP contribution in [0.2, 0.25) is 0 Å². The lowest BCUT2D eigenvalue weighted by atomic mass is 10.2. The largest absolute Gasteiger partial charge is 0.438 e. The van der Waals surface area contributed by atoms with Crippen LogP contribution in [0.25, 0.3) is 0 Å². The highest BCUT2D eigenvalue weighted by molar-refractivity contribution is 7.89. The average molecular weight is 447 g/mol. The first kappa shape index (κ1) is 21.5. The minimum Gasteiger partial charge on any atom is -0.438 e. The maximum absolute atomic E-state index is 12.8. The van der Waals surface area contributed by atoms with E-state index in [4.69, 9.17) is 4.42 Å². The van der Waals surface area contributed by atoms with E-state index in [0.29, 0.717) is 45.0 Å². The minimum absolute atomic E-state index is 0.00356. The molecule has 0 atom stereocenters. The van der Waals surface area contributed by atoms with Gasteiger partial charge in [-0.3, -0.25) is 14.6 Å². The molecule has 166 valence electrons. The lowest BCUT2D eigenvalue weighted by Crippen LogP contribution is -2.51. The molecule has 0 spiro atoms. The topological polar surface area (TPSA) is 104 Å². The van der Waals surface area contributed by atoms with Gasteiger partial charge in [-0.25, -0.2) is 8.42 Å². The molecular formula is C21H26N4O5S. The van der Waals surface area contributed by atoms with Crippen molar-refractivity contribution in [2.45, 2.75) is 30.8 Å². The highest BCUT2D eigenvalue weighted by Crippen LogP contribution is 2.23. The van der Waals surface area contributed by atoms with Crippen molar-refractivity contribution in [1.82, 2.24) is 19.1 Å². The Kier molecular flexibility index (Phi) is 6.38. The number of hydrogen-bond acceptors (Lipinski definition) is 6. The lowest BCUT2D eigenvalue weighted by molar-refractivity contribution is -0.132. The number of sulfonamides is 1. The molecule has 4 heterocycles. The Morgan fingerprint density at radius 3 is 2.29 bits per heavy atom. The Morgan fingerprint density at radius 1 is 0.903 bits per heavy atom. The summed E-state index contributed by atoms with van der Waals surface area (Å²) in [6.45, 7) is 2.50. The van der Waals surface area contributed by atoms with Crippen molar-refractivity contribution in [2.24, 2.45) is 0 Å². The van der Waals surface area contributed by atoms with Crippen LogP contribution in [0.3, 0.4) is 0 Å². The van der Waals surface area contributed by atoms with Crippen LogP contribution < -0.4 is 0 Å². The first-order valence-corrected chi connectivity index (χ1v) is 12.0. The number of aromatic nitrogens is 1. The van der Waals surface area contributed by atoms with Gasteiger partial charge in [0, 0.05) is 51.2 Å². The van der Waals surface area contributed by atoms with Crippen LogP contribution in [0.15, 0.2) is 46.0 Å². The Labute approximate surface area is 181 Å². The van der Waals surface area contributed by atoms with Crippen molar-refractivity contribution in [1.29, 1.82) is 0 Å². The molecule has 10 heteroatoms. The van der Waals surface area contributed by atoms with Gasteiger partial charge in [0.2, 0.25) is 11.0 Å². The third-order valence-corrected chi connectivity index (χ3v) is 7.45. The van der Waals surface area contributed by atoms with Crippen molar-refractivity contribution in [3.8, 4) is 0 Å². The van der Waals surface area contributed by atoms with Gasteiger partial charge in [0.1, 0.15) is 0 Å². The summed E-state index contributed by atoms with van der Waals surface area (Å²) < 4.78 is 32.3. The molecule has 0 unspecified atom stereocenters. The number of nitrogens with zero attached hydrogens (tertiary/aromatic N) is 4. The number of carbonyl (C=O) groups is 2. The molecule has 2 aliphatic heterocycles. The van der Waals surface area contributed by atoms with Crippen molar-refractivity contribution < 1.29 is 22.4 Å². The molecule has 31 heavy (non-hydrogen) atoms. The van der Waals surface area contributed by atoms with E-state index >= 15 is 0 Å². The van der Waals surface area contributed by atoms with E-state index in [-0.39, 0.29) is 29.1 Å². The number of furan rings is 1. The van der Waals surface area contributed by atoms with Crippen LogP contribution in [0.5, 0.6) is 0 Å². The minimum atomic E-state index is -3.72. The van der Waals surface area contributed by atoms with Gasteiger partial charge in [0.25, 0.3) is 15.9 Å². The third-order valence-electron chi connectivity index (χ3n) is 5.68. The van der Waals surface area contributed by atoms with E-state index in [1.807, 2.05) is 12.1 Å². The molecule has 2 saturated heterocycles. The summed E-state index contributed by atoms with van der Waals surface area (Å²) in [6.07, 6.45) is 4.56. The van der Waals surface area contributed by atoms with Gasteiger partial charge >= 0.3 is 0 Å². The first-order chi connectivity index (χ1) is 14.9. The summed E-state index contributed by atoms with van der Waals surface area (Å²) in [6, 6.07) is 8.22. The molecule has 9 nitrogen and oxygen atoms in total. The van der Waals surface area contributed by atoms with Gasteiger partial charge in [-0.15, -0.1) is 0 Å². The second kappa shape index (κ2) is 9.19. The van der Waals surface area contributed by atoms with E-state index in [1.54, 1.807) is 22.1 Å². The Balaban J connectivity index is 1.34. The number of rotatable bonds is 5. The van der Waals surface area contributed by atoms with Crippen molar-refractivity contribution in [2.75, 3.05) is 39.3 Å². The van der Waals surface area contributed by atoms with E-state index in [9.17, 15) is 18.0 Å². The highest BCUT2D eigenvalue weighted by atomic mass is 32.2. The number of piperidine rings is 1. The molecule has 0 N–H and O–H groups in total. The fourth-order valence-electron chi connectivity index (χ4n) is 3.89. The van der Waals surface area contributed by atoms with Gasteiger partial charge in [0.15, 0.2) is 5.76 Å². The molecule has 2 fully saturated rings. The predicted molar refractivity (Wildman–Crippen MR) is 112 cm³/mol. The Hall–Kier alpha value is -2.72. The van der Waals surface area contributed by atoms with Crippen LogP contribution >= 0.6 is 0 Å². The van der Waals surface area contributed by atoms with Gasteiger partial charge in [-0.2, -0.15) is 4.31 Å². The summed E-state index contributed by atoms with van der Waals surface area (Å²) >= 11 is 0. The lowest BCUT2D eigenvalue weighted by Gasteiger charge is -2.34. The van der Waals surface area contributed by atoms with E-state index in [0.717, 1.165) is 19.3 Å². The maximum atomic E-state index is 12.8. The van der Waals surface area contributed by atoms with E-state index < -0.39 is 10.0 Å². The number of carbonyl (C=O) groups excluding carboxylic acids is 2. The smallest absolute Gasteiger partial charge is 0.289 e. The Morgan fingerprint density at radius 2 is 1.61 bits per heavy atom. The van der Waals surface area contributed by atoms with E-state index in [1.165, 1.54) is 16.4 Å². The Bertz CT molecular complexity index is 1020. The van der Waals surface area contributed by atoms with Crippen molar-refractivity contribution in [3.05, 3.63) is 48.0 Å². The summed E-state index contributed by atoms with van der Waals surface area (Å²) in [4.78, 5) is 32.7. The molecule has 4 rings (SSSR count). The molecule has 0 bridgehead atoms. The van der Waals surface area contributed by atoms with Crippen molar-refractivity contribution in [3.63, 3.8) is 0 Å². The predicted octanol–water partition coefficient (Wildman–Crippen LogP) is 1.38.